The Labute approximate surface area is 69.0 Å². The molecular formula is C7H6CuO2. The van der Waals surface area contributed by atoms with Crippen LogP contribution in [0.25, 0.3) is 0 Å². The first-order valence-electron chi connectivity index (χ1n) is 2.59. The third-order valence-corrected chi connectivity index (χ3v) is 0.976. The zero-order chi connectivity index (χ0) is 6.69. The molecule has 0 saturated heterocycles. The largest absolute Gasteiger partial charge is 0.504 e. The van der Waals surface area contributed by atoms with Crippen molar-refractivity contribution in [2.75, 3.05) is 0 Å². The fraction of sp³-hybridized carbons (Fsp3) is 0. The number of rotatable bonds is 0. The Kier molecular flexibility index (Phi) is 3.77. The van der Waals surface area contributed by atoms with E-state index in [9.17, 15) is 4.79 Å². The molecule has 0 aliphatic carbocycles. The minimum absolute atomic E-state index is 0. The Morgan fingerprint density at radius 3 is 2.40 bits per heavy atom. The Hall–Kier alpha value is -0.791. The second kappa shape index (κ2) is 4.09. The summed E-state index contributed by atoms with van der Waals surface area (Å²) in [5, 5.41) is 8.77. The summed E-state index contributed by atoms with van der Waals surface area (Å²) in [6.45, 7) is 0. The van der Waals surface area contributed by atoms with E-state index in [-0.39, 0.29) is 28.2 Å². The van der Waals surface area contributed by atoms with Gasteiger partial charge in [-0.2, -0.15) is 0 Å². The Morgan fingerprint density at radius 2 is 1.70 bits per heavy atom. The molecule has 0 heterocycles. The quantitative estimate of drug-likeness (QED) is 0.606. The van der Waals surface area contributed by atoms with E-state index in [1.807, 2.05) is 0 Å². The van der Waals surface area contributed by atoms with E-state index in [1.165, 1.54) is 12.1 Å². The molecule has 1 aromatic carbocycles. The molecule has 10 heavy (non-hydrogen) atoms. The molecule has 1 radical (unpaired) electrons. The average Bonchev–Trinajstić information content (AvgIpc) is 1.99. The summed E-state index contributed by atoms with van der Waals surface area (Å²) in [4.78, 5) is 10.6. The minimum atomic E-state index is -0.347. The van der Waals surface area contributed by atoms with Crippen LogP contribution in [0.5, 0.6) is 5.75 Å². The molecule has 0 spiro atoms. The number of aromatic hydroxyl groups is 1. The predicted octanol–water partition coefficient (Wildman–Crippen LogP) is 0.750. The van der Waals surface area contributed by atoms with Gasteiger partial charge in [0.25, 0.3) is 0 Å². The van der Waals surface area contributed by atoms with Crippen molar-refractivity contribution in [3.05, 3.63) is 40.6 Å². The molecule has 0 aromatic heterocycles. The maximum atomic E-state index is 10.6. The average molecular weight is 186 g/mol. The molecule has 0 unspecified atom stereocenters. The standard InChI is InChI=1S/C7H6O2.Cu/c8-6-4-2-1-3-5-7(6)9;/h1-5H,(H,8,9);. The van der Waals surface area contributed by atoms with Gasteiger partial charge in [-0.1, -0.05) is 18.2 Å². The maximum Gasteiger partial charge on any atom is 0.220 e. The zero-order valence-corrected chi connectivity index (χ0v) is 5.99. The van der Waals surface area contributed by atoms with Crippen LogP contribution in [-0.2, 0) is 17.1 Å². The van der Waals surface area contributed by atoms with E-state index in [4.69, 9.17) is 5.11 Å². The predicted molar refractivity (Wildman–Crippen MR) is 34.4 cm³/mol. The molecule has 0 fully saturated rings. The molecule has 57 valence electrons. The van der Waals surface area contributed by atoms with Crippen LogP contribution in [0.3, 0.4) is 0 Å². The van der Waals surface area contributed by atoms with Crippen molar-refractivity contribution in [2.45, 2.75) is 0 Å². The monoisotopic (exact) mass is 185 g/mol. The van der Waals surface area contributed by atoms with E-state index in [1.54, 1.807) is 18.2 Å². The van der Waals surface area contributed by atoms with E-state index < -0.39 is 0 Å². The first kappa shape index (κ1) is 9.21. The maximum absolute atomic E-state index is 10.6. The topological polar surface area (TPSA) is 37.3 Å². The molecule has 1 N–H and O–H groups in total. The van der Waals surface area contributed by atoms with Crippen LogP contribution in [-0.4, -0.2) is 5.11 Å². The summed E-state index contributed by atoms with van der Waals surface area (Å²) in [5.74, 6) is -0.208. The van der Waals surface area contributed by atoms with Crippen LogP contribution in [0.2, 0.25) is 0 Å². The van der Waals surface area contributed by atoms with Gasteiger partial charge < -0.3 is 5.11 Å². The van der Waals surface area contributed by atoms with Gasteiger partial charge in [0.15, 0.2) is 5.75 Å². The third kappa shape index (κ3) is 2.21. The van der Waals surface area contributed by atoms with E-state index >= 15 is 0 Å². The molecule has 2 nitrogen and oxygen atoms in total. The van der Waals surface area contributed by atoms with Gasteiger partial charge in [0.05, 0.1) is 0 Å². The minimum Gasteiger partial charge on any atom is -0.504 e. The normalized spacial score (nSPS) is 8.00. The summed E-state index contributed by atoms with van der Waals surface area (Å²) in [6, 6.07) is 7.55. The fourth-order valence-electron chi connectivity index (χ4n) is 0.521. The van der Waals surface area contributed by atoms with Gasteiger partial charge in [0.1, 0.15) is 0 Å². The van der Waals surface area contributed by atoms with E-state index in [0.29, 0.717) is 0 Å². The van der Waals surface area contributed by atoms with Crippen LogP contribution < -0.4 is 5.43 Å². The van der Waals surface area contributed by atoms with Gasteiger partial charge in [-0.3, -0.25) is 4.79 Å². The van der Waals surface area contributed by atoms with Crippen molar-refractivity contribution >= 4 is 0 Å². The Balaban J connectivity index is 0.000000810. The Bertz CT molecular complexity index is 259. The SMILES string of the molecule is O=c1cccccc1O.[Cu]. The van der Waals surface area contributed by atoms with Gasteiger partial charge >= 0.3 is 0 Å². The molecule has 1 rings (SSSR count). The van der Waals surface area contributed by atoms with Crippen molar-refractivity contribution in [3.8, 4) is 5.75 Å². The summed E-state index contributed by atoms with van der Waals surface area (Å²) in [6.07, 6.45) is 0. The molecular weight excluding hydrogens is 180 g/mol. The number of hydrogen-bond acceptors (Lipinski definition) is 2. The van der Waals surface area contributed by atoms with Gasteiger partial charge in [-0.15, -0.1) is 0 Å². The third-order valence-electron chi connectivity index (χ3n) is 0.976. The van der Waals surface area contributed by atoms with Crippen LogP contribution in [0.15, 0.2) is 35.1 Å². The number of hydrogen-bond donors (Lipinski definition) is 1. The van der Waals surface area contributed by atoms with Crippen LogP contribution in [0, 0.1) is 0 Å². The van der Waals surface area contributed by atoms with E-state index in [2.05, 4.69) is 0 Å². The van der Waals surface area contributed by atoms with Crippen molar-refractivity contribution in [2.24, 2.45) is 0 Å². The van der Waals surface area contributed by atoms with Crippen LogP contribution in [0.1, 0.15) is 0 Å². The summed E-state index contributed by atoms with van der Waals surface area (Å²) < 4.78 is 0. The second-order valence-corrected chi connectivity index (χ2v) is 1.66. The first-order valence-corrected chi connectivity index (χ1v) is 2.59. The first-order chi connectivity index (χ1) is 4.30. The van der Waals surface area contributed by atoms with Gasteiger partial charge in [0.2, 0.25) is 5.43 Å². The second-order valence-electron chi connectivity index (χ2n) is 1.66. The summed E-state index contributed by atoms with van der Waals surface area (Å²) in [7, 11) is 0. The molecule has 0 aliphatic rings. The van der Waals surface area contributed by atoms with Crippen molar-refractivity contribution in [1.29, 1.82) is 0 Å². The van der Waals surface area contributed by atoms with Crippen molar-refractivity contribution < 1.29 is 22.2 Å². The molecule has 0 atom stereocenters. The van der Waals surface area contributed by atoms with Gasteiger partial charge in [0, 0.05) is 17.1 Å². The summed E-state index contributed by atoms with van der Waals surface area (Å²) in [5.41, 5.74) is -0.347. The van der Waals surface area contributed by atoms with Gasteiger partial charge in [-0.05, 0) is 12.1 Å². The summed E-state index contributed by atoms with van der Waals surface area (Å²) >= 11 is 0. The Morgan fingerprint density at radius 1 is 1.10 bits per heavy atom. The zero-order valence-electron chi connectivity index (χ0n) is 5.04. The molecule has 3 heteroatoms. The van der Waals surface area contributed by atoms with Crippen LogP contribution in [0.4, 0.5) is 0 Å². The smallest absolute Gasteiger partial charge is 0.220 e. The van der Waals surface area contributed by atoms with Crippen molar-refractivity contribution in [1.82, 2.24) is 0 Å². The molecule has 0 saturated carbocycles. The molecule has 0 aliphatic heterocycles. The van der Waals surface area contributed by atoms with E-state index in [0.717, 1.165) is 0 Å². The van der Waals surface area contributed by atoms with Gasteiger partial charge in [-0.25, -0.2) is 0 Å². The molecule has 1 aromatic rings. The molecule has 0 amide bonds. The fourth-order valence-corrected chi connectivity index (χ4v) is 0.521. The molecule has 0 bridgehead atoms. The van der Waals surface area contributed by atoms with Crippen molar-refractivity contribution in [3.63, 3.8) is 0 Å². The van der Waals surface area contributed by atoms with Crippen LogP contribution >= 0.6 is 0 Å².